The van der Waals surface area contributed by atoms with Crippen molar-refractivity contribution in [2.75, 3.05) is 11.9 Å². The van der Waals surface area contributed by atoms with Gasteiger partial charge >= 0.3 is 5.97 Å². The second kappa shape index (κ2) is 4.92. The number of carboxylic acid groups (broad SMARTS) is 1. The lowest BCUT2D eigenvalue weighted by molar-refractivity contribution is -0.131. The molecule has 0 amide bonds. The largest absolute Gasteiger partial charge is 0.478 e. The molecule has 1 heterocycles. The van der Waals surface area contributed by atoms with Crippen LogP contribution in [0.15, 0.2) is 36.7 Å². The molecule has 0 saturated heterocycles. The lowest BCUT2D eigenvalue weighted by atomic mass is 10.4. The molecule has 2 N–H and O–H groups in total. The highest BCUT2D eigenvalue weighted by molar-refractivity contribution is 5.79. The van der Waals surface area contributed by atoms with Gasteiger partial charge in [0.25, 0.3) is 0 Å². The zero-order valence-corrected chi connectivity index (χ0v) is 6.97. The minimum absolute atomic E-state index is 0.496. The number of aromatic nitrogens is 1. The predicted octanol–water partition coefficient (Wildman–Crippen LogP) is 1.13. The molecule has 4 nitrogen and oxygen atoms in total. The van der Waals surface area contributed by atoms with Gasteiger partial charge in [0.1, 0.15) is 0 Å². The van der Waals surface area contributed by atoms with Crippen LogP contribution in [0.4, 0.5) is 5.69 Å². The molecule has 0 fully saturated rings. The quantitative estimate of drug-likeness (QED) is 0.678. The second-order valence-electron chi connectivity index (χ2n) is 2.36. The van der Waals surface area contributed by atoms with Gasteiger partial charge in [-0.15, -0.1) is 0 Å². The van der Waals surface area contributed by atoms with E-state index in [1.165, 1.54) is 0 Å². The van der Waals surface area contributed by atoms with Crippen molar-refractivity contribution >= 4 is 11.7 Å². The Hall–Kier alpha value is -1.84. The molecular weight excluding hydrogens is 168 g/mol. The van der Waals surface area contributed by atoms with E-state index in [0.29, 0.717) is 6.54 Å². The third-order valence-corrected chi connectivity index (χ3v) is 1.36. The minimum Gasteiger partial charge on any atom is -0.478 e. The molecule has 1 aromatic heterocycles. The summed E-state index contributed by atoms with van der Waals surface area (Å²) < 4.78 is 0. The van der Waals surface area contributed by atoms with E-state index in [1.54, 1.807) is 18.5 Å². The fourth-order valence-corrected chi connectivity index (χ4v) is 0.806. The first-order chi connectivity index (χ1) is 6.29. The van der Waals surface area contributed by atoms with Crippen molar-refractivity contribution in [1.82, 2.24) is 4.98 Å². The summed E-state index contributed by atoms with van der Waals surface area (Å²) >= 11 is 0. The smallest absolute Gasteiger partial charge is 0.328 e. The number of rotatable bonds is 4. The molecule has 68 valence electrons. The van der Waals surface area contributed by atoms with Crippen LogP contribution in [-0.4, -0.2) is 22.6 Å². The van der Waals surface area contributed by atoms with Crippen LogP contribution < -0.4 is 5.32 Å². The first-order valence-corrected chi connectivity index (χ1v) is 3.82. The maximum absolute atomic E-state index is 10.1. The Balaban J connectivity index is 2.32. The first kappa shape index (κ1) is 9.25. The Morgan fingerprint density at radius 3 is 2.85 bits per heavy atom. The molecule has 0 atom stereocenters. The van der Waals surface area contributed by atoms with Crippen molar-refractivity contribution in [3.05, 3.63) is 36.7 Å². The van der Waals surface area contributed by atoms with E-state index in [9.17, 15) is 4.79 Å². The maximum Gasteiger partial charge on any atom is 0.328 e. The number of hydrogen-bond donors (Lipinski definition) is 2. The molecule has 0 aromatic carbocycles. The van der Waals surface area contributed by atoms with Gasteiger partial charge in [-0.3, -0.25) is 4.98 Å². The van der Waals surface area contributed by atoms with E-state index < -0.39 is 5.97 Å². The standard InChI is InChI=1S/C9H10N2O2/c12-9(13)2-1-5-11-8-3-6-10-7-4-8/h1-4,6-7H,5H2,(H,10,11)(H,12,13)/b2-1+. The second-order valence-corrected chi connectivity index (χ2v) is 2.36. The Kier molecular flexibility index (Phi) is 3.50. The number of pyridine rings is 1. The summed E-state index contributed by atoms with van der Waals surface area (Å²) in [5.74, 6) is -0.934. The zero-order chi connectivity index (χ0) is 9.52. The lowest BCUT2D eigenvalue weighted by Crippen LogP contribution is -1.99. The highest BCUT2D eigenvalue weighted by Crippen LogP contribution is 2.01. The van der Waals surface area contributed by atoms with Gasteiger partial charge in [-0.25, -0.2) is 4.79 Å². The van der Waals surface area contributed by atoms with Crippen LogP contribution in [0.1, 0.15) is 0 Å². The van der Waals surface area contributed by atoms with Gasteiger partial charge in [-0.05, 0) is 12.1 Å². The predicted molar refractivity (Wildman–Crippen MR) is 49.5 cm³/mol. The van der Waals surface area contributed by atoms with Gasteiger partial charge in [0, 0.05) is 30.7 Å². The van der Waals surface area contributed by atoms with Crippen molar-refractivity contribution in [3.8, 4) is 0 Å². The molecule has 13 heavy (non-hydrogen) atoms. The van der Waals surface area contributed by atoms with Crippen molar-refractivity contribution < 1.29 is 9.90 Å². The van der Waals surface area contributed by atoms with Crippen LogP contribution in [-0.2, 0) is 4.79 Å². The number of anilines is 1. The van der Waals surface area contributed by atoms with Crippen molar-refractivity contribution in [2.24, 2.45) is 0 Å². The maximum atomic E-state index is 10.1. The molecule has 0 radical (unpaired) electrons. The van der Waals surface area contributed by atoms with E-state index in [1.807, 2.05) is 12.1 Å². The third-order valence-electron chi connectivity index (χ3n) is 1.36. The monoisotopic (exact) mass is 178 g/mol. The van der Waals surface area contributed by atoms with E-state index in [0.717, 1.165) is 11.8 Å². The molecule has 0 saturated carbocycles. The molecular formula is C9H10N2O2. The molecule has 1 aromatic rings. The zero-order valence-electron chi connectivity index (χ0n) is 6.97. The Labute approximate surface area is 75.9 Å². The highest BCUT2D eigenvalue weighted by Gasteiger charge is 1.87. The summed E-state index contributed by atoms with van der Waals surface area (Å²) in [6.45, 7) is 0.496. The summed E-state index contributed by atoms with van der Waals surface area (Å²) in [5.41, 5.74) is 0.921. The number of aliphatic carboxylic acids is 1. The van der Waals surface area contributed by atoms with Crippen molar-refractivity contribution in [3.63, 3.8) is 0 Å². The van der Waals surface area contributed by atoms with Gasteiger partial charge < -0.3 is 10.4 Å². The highest BCUT2D eigenvalue weighted by atomic mass is 16.4. The number of carboxylic acids is 1. The molecule has 1 rings (SSSR count). The molecule has 0 spiro atoms. The van der Waals surface area contributed by atoms with E-state index in [4.69, 9.17) is 5.11 Å². The number of nitrogens with zero attached hydrogens (tertiary/aromatic N) is 1. The average molecular weight is 178 g/mol. The molecule has 0 aliphatic rings. The van der Waals surface area contributed by atoms with Crippen LogP contribution in [0.25, 0.3) is 0 Å². The molecule has 0 aliphatic heterocycles. The Morgan fingerprint density at radius 2 is 2.23 bits per heavy atom. The van der Waals surface area contributed by atoms with Crippen LogP contribution in [0.3, 0.4) is 0 Å². The summed E-state index contributed by atoms with van der Waals surface area (Å²) in [4.78, 5) is 13.9. The van der Waals surface area contributed by atoms with Gasteiger partial charge in [0.2, 0.25) is 0 Å². The summed E-state index contributed by atoms with van der Waals surface area (Å²) in [5, 5.41) is 11.3. The SMILES string of the molecule is O=C(O)/C=C/CNc1ccncc1. The molecule has 4 heteroatoms. The fourth-order valence-electron chi connectivity index (χ4n) is 0.806. The van der Waals surface area contributed by atoms with Crippen LogP contribution >= 0.6 is 0 Å². The Morgan fingerprint density at radius 1 is 1.54 bits per heavy atom. The van der Waals surface area contributed by atoms with Crippen LogP contribution in [0.2, 0.25) is 0 Å². The normalized spacial score (nSPS) is 10.2. The van der Waals surface area contributed by atoms with Gasteiger partial charge in [-0.1, -0.05) is 6.08 Å². The molecule has 0 unspecified atom stereocenters. The fraction of sp³-hybridized carbons (Fsp3) is 0.111. The van der Waals surface area contributed by atoms with E-state index >= 15 is 0 Å². The number of nitrogens with one attached hydrogen (secondary N) is 1. The number of carbonyl (C=O) groups is 1. The first-order valence-electron chi connectivity index (χ1n) is 3.82. The summed E-state index contributed by atoms with van der Waals surface area (Å²) in [6, 6.07) is 3.63. The van der Waals surface area contributed by atoms with Gasteiger partial charge in [0.15, 0.2) is 0 Å². The van der Waals surface area contributed by atoms with Crippen molar-refractivity contribution in [2.45, 2.75) is 0 Å². The average Bonchev–Trinajstić information content (AvgIpc) is 2.14. The molecule has 0 bridgehead atoms. The minimum atomic E-state index is -0.934. The third kappa shape index (κ3) is 3.91. The van der Waals surface area contributed by atoms with Crippen molar-refractivity contribution in [1.29, 1.82) is 0 Å². The molecule has 0 aliphatic carbocycles. The Bertz CT molecular complexity index is 296. The van der Waals surface area contributed by atoms with Gasteiger partial charge in [0.05, 0.1) is 0 Å². The van der Waals surface area contributed by atoms with Crippen LogP contribution in [0, 0.1) is 0 Å². The summed E-state index contributed by atoms with van der Waals surface area (Å²) in [7, 11) is 0. The lowest BCUT2D eigenvalue weighted by Gasteiger charge is -2.00. The topological polar surface area (TPSA) is 62.2 Å². The summed E-state index contributed by atoms with van der Waals surface area (Å²) in [6.07, 6.45) is 5.99. The van der Waals surface area contributed by atoms with Crippen LogP contribution in [0.5, 0.6) is 0 Å². The van der Waals surface area contributed by atoms with Gasteiger partial charge in [-0.2, -0.15) is 0 Å². The van der Waals surface area contributed by atoms with E-state index in [-0.39, 0.29) is 0 Å². The number of hydrogen-bond acceptors (Lipinski definition) is 3. The van der Waals surface area contributed by atoms with E-state index in [2.05, 4.69) is 10.3 Å².